The van der Waals surface area contributed by atoms with Crippen LogP contribution in [0.4, 0.5) is 5.69 Å². The van der Waals surface area contributed by atoms with Crippen molar-refractivity contribution in [2.45, 2.75) is 12.1 Å². The van der Waals surface area contributed by atoms with Crippen LogP contribution in [-0.2, 0) is 9.59 Å². The summed E-state index contributed by atoms with van der Waals surface area (Å²) < 4.78 is 5.37. The van der Waals surface area contributed by atoms with E-state index in [0.717, 1.165) is 16.0 Å². The van der Waals surface area contributed by atoms with Crippen molar-refractivity contribution in [2.24, 2.45) is 11.8 Å². The number of imide groups is 1. The van der Waals surface area contributed by atoms with Crippen molar-refractivity contribution in [3.05, 3.63) is 95.0 Å². The number of anilines is 1. The lowest BCUT2D eigenvalue weighted by molar-refractivity contribution is -0.123. The fourth-order valence-corrected chi connectivity index (χ4v) is 5.51. The zero-order valence-corrected chi connectivity index (χ0v) is 17.5. The van der Waals surface area contributed by atoms with E-state index in [1.54, 1.807) is 36.4 Å². The lowest BCUT2D eigenvalue weighted by Crippen LogP contribution is -2.44. The highest BCUT2D eigenvalue weighted by Gasteiger charge is 2.65. The Hall–Kier alpha value is -3.64. The van der Waals surface area contributed by atoms with Crippen LogP contribution in [0.5, 0.6) is 0 Å². The minimum atomic E-state index is -0.857. The molecule has 32 heavy (non-hydrogen) atoms. The molecule has 3 aliphatic rings. The smallest absolute Gasteiger partial charge is 0.240 e. The molecule has 0 unspecified atom stereocenters. The summed E-state index contributed by atoms with van der Waals surface area (Å²) in [6.45, 7) is 0. The first-order valence-electron chi connectivity index (χ1n) is 10.3. The van der Waals surface area contributed by atoms with Crippen LogP contribution in [0, 0.1) is 11.8 Å². The lowest BCUT2D eigenvalue weighted by Gasteiger charge is -2.35. The van der Waals surface area contributed by atoms with Gasteiger partial charge in [-0.2, -0.15) is 0 Å². The molecule has 6 nitrogen and oxygen atoms in total. The second-order valence-electron chi connectivity index (χ2n) is 8.14. The summed E-state index contributed by atoms with van der Waals surface area (Å²) in [4.78, 5) is 43.9. The topological polar surface area (TPSA) is 70.8 Å². The van der Waals surface area contributed by atoms with Gasteiger partial charge in [-0.1, -0.05) is 48.0 Å². The highest BCUT2D eigenvalue weighted by molar-refractivity contribution is 6.36. The summed E-state index contributed by atoms with van der Waals surface area (Å²) in [5.74, 6) is -2.48. The molecule has 0 spiro atoms. The van der Waals surface area contributed by atoms with Crippen LogP contribution in [0.1, 0.15) is 27.7 Å². The molecule has 0 aliphatic carbocycles. The number of para-hydroxylation sites is 1. The lowest BCUT2D eigenvalue weighted by atomic mass is 9.84. The highest BCUT2D eigenvalue weighted by atomic mass is 35.5. The first-order chi connectivity index (χ1) is 15.6. The fourth-order valence-electron chi connectivity index (χ4n) is 5.29. The van der Waals surface area contributed by atoms with Gasteiger partial charge in [0.1, 0.15) is 6.04 Å². The molecule has 0 saturated carbocycles. The Morgan fingerprint density at radius 3 is 2.44 bits per heavy atom. The number of benzene rings is 2. The molecule has 0 bridgehead atoms. The third-order valence-electron chi connectivity index (χ3n) is 6.59. The third kappa shape index (κ3) is 2.50. The number of carbonyl (C=O) groups is 3. The van der Waals surface area contributed by atoms with E-state index in [9.17, 15) is 14.4 Å². The summed E-state index contributed by atoms with van der Waals surface area (Å²) in [6, 6.07) is 16.4. The number of fused-ring (bicyclic) bond motifs is 5. The van der Waals surface area contributed by atoms with Crippen LogP contribution in [0.15, 0.2) is 77.5 Å². The molecule has 0 N–H and O–H groups in total. The molecule has 3 aliphatic heterocycles. The molecule has 2 fully saturated rings. The van der Waals surface area contributed by atoms with Gasteiger partial charge in [0.2, 0.25) is 17.6 Å². The first kappa shape index (κ1) is 19.1. The van der Waals surface area contributed by atoms with E-state index >= 15 is 0 Å². The van der Waals surface area contributed by atoms with E-state index in [-0.39, 0.29) is 17.5 Å². The van der Waals surface area contributed by atoms with Gasteiger partial charge in [0.05, 0.1) is 34.9 Å². The van der Waals surface area contributed by atoms with Gasteiger partial charge in [-0.3, -0.25) is 14.4 Å². The van der Waals surface area contributed by atoms with Crippen LogP contribution in [0.2, 0.25) is 5.02 Å². The Morgan fingerprint density at radius 2 is 1.66 bits per heavy atom. The largest absolute Gasteiger partial charge is 0.461 e. The molecule has 4 atom stereocenters. The maximum atomic E-state index is 13.7. The first-order valence-corrected chi connectivity index (χ1v) is 10.7. The number of hydrogen-bond acceptors (Lipinski definition) is 5. The summed E-state index contributed by atoms with van der Waals surface area (Å²) in [7, 11) is 0. The number of halogens is 1. The molecular formula is C25H17ClN2O4. The number of amides is 2. The number of Topliss-reactive ketones (excluding diaryl/α,β-unsaturated/α-hetero) is 1. The van der Waals surface area contributed by atoms with Gasteiger partial charge in [-0.15, -0.1) is 0 Å². The van der Waals surface area contributed by atoms with Gasteiger partial charge in [0, 0.05) is 6.20 Å². The molecule has 2 aromatic carbocycles. The van der Waals surface area contributed by atoms with Gasteiger partial charge < -0.3 is 9.32 Å². The van der Waals surface area contributed by atoms with E-state index < -0.39 is 29.8 Å². The minimum absolute atomic E-state index is 0.165. The van der Waals surface area contributed by atoms with Crippen molar-refractivity contribution in [3.8, 4) is 0 Å². The summed E-state index contributed by atoms with van der Waals surface area (Å²) in [6.07, 6.45) is 5.16. The van der Waals surface area contributed by atoms with E-state index in [0.29, 0.717) is 10.7 Å². The number of nitrogens with zero attached hydrogens (tertiary/aromatic N) is 2. The zero-order valence-electron chi connectivity index (χ0n) is 16.7. The highest BCUT2D eigenvalue weighted by Crippen LogP contribution is 2.54. The number of furan rings is 1. The summed E-state index contributed by atoms with van der Waals surface area (Å²) in [5.41, 5.74) is 2.23. The van der Waals surface area contributed by atoms with Gasteiger partial charge >= 0.3 is 0 Å². The second kappa shape index (κ2) is 6.93. The molecule has 4 heterocycles. The Kier molecular flexibility index (Phi) is 4.13. The van der Waals surface area contributed by atoms with Crippen molar-refractivity contribution < 1.29 is 18.8 Å². The SMILES string of the molecule is O=C(c1ccco1)[C@@H]1[C@@H]2C(=O)N(c3ccccc3Cl)C(=O)[C@H]2[C@@H]2c3ccccc3C=CN12. The van der Waals surface area contributed by atoms with E-state index in [1.165, 1.54) is 6.26 Å². The van der Waals surface area contributed by atoms with Crippen LogP contribution in [-0.4, -0.2) is 28.5 Å². The van der Waals surface area contributed by atoms with Crippen LogP contribution in [0.3, 0.4) is 0 Å². The normalized spacial score (nSPS) is 25.7. The third-order valence-corrected chi connectivity index (χ3v) is 6.91. The van der Waals surface area contributed by atoms with E-state index in [1.807, 2.05) is 41.4 Å². The quantitative estimate of drug-likeness (QED) is 0.444. The average Bonchev–Trinajstić information content (AvgIpc) is 3.51. The zero-order chi connectivity index (χ0) is 22.0. The molecule has 6 rings (SSSR count). The predicted molar refractivity (Wildman–Crippen MR) is 118 cm³/mol. The molecule has 3 aromatic rings. The Labute approximate surface area is 188 Å². The molecular weight excluding hydrogens is 428 g/mol. The van der Waals surface area contributed by atoms with Crippen molar-refractivity contribution in [2.75, 3.05) is 4.90 Å². The number of ketones is 1. The Morgan fingerprint density at radius 1 is 0.906 bits per heavy atom. The number of carbonyl (C=O) groups excluding carboxylic acids is 3. The molecule has 0 radical (unpaired) electrons. The summed E-state index contributed by atoms with van der Waals surface area (Å²) >= 11 is 6.34. The maximum Gasteiger partial charge on any atom is 0.240 e. The van der Waals surface area contributed by atoms with Crippen LogP contribution >= 0.6 is 11.6 Å². The molecule has 158 valence electrons. The fraction of sp³-hybridized carbons (Fsp3) is 0.160. The average molecular weight is 445 g/mol. The van der Waals surface area contributed by atoms with Crippen LogP contribution in [0.25, 0.3) is 6.08 Å². The maximum absolute atomic E-state index is 13.7. The summed E-state index contributed by atoms with van der Waals surface area (Å²) in [5, 5.41) is 0.309. The molecule has 1 aromatic heterocycles. The van der Waals surface area contributed by atoms with Crippen molar-refractivity contribution in [1.29, 1.82) is 0 Å². The second-order valence-corrected chi connectivity index (χ2v) is 8.55. The van der Waals surface area contributed by atoms with Gasteiger partial charge in [0.25, 0.3) is 0 Å². The van der Waals surface area contributed by atoms with E-state index in [4.69, 9.17) is 16.0 Å². The molecule has 2 saturated heterocycles. The number of rotatable bonds is 3. The van der Waals surface area contributed by atoms with Gasteiger partial charge in [-0.25, -0.2) is 4.90 Å². The van der Waals surface area contributed by atoms with Crippen molar-refractivity contribution in [1.82, 2.24) is 4.90 Å². The van der Waals surface area contributed by atoms with Crippen molar-refractivity contribution in [3.63, 3.8) is 0 Å². The minimum Gasteiger partial charge on any atom is -0.461 e. The Bertz CT molecular complexity index is 1300. The van der Waals surface area contributed by atoms with Crippen molar-refractivity contribution >= 4 is 41.0 Å². The van der Waals surface area contributed by atoms with Gasteiger partial charge in [0.15, 0.2) is 5.76 Å². The standard InChI is InChI=1S/C25H17ClN2O4/c26-16-8-3-4-9-17(16)28-24(30)19-20(25(28)31)22(23(29)18-10-5-13-32-18)27-12-11-14-6-1-2-7-15(14)21(19)27/h1-13,19-22H/t19-,20-,21+,22+/m1/s1. The number of hydrogen-bond donors (Lipinski definition) is 0. The molecule has 7 heteroatoms. The van der Waals surface area contributed by atoms with Crippen LogP contribution < -0.4 is 4.90 Å². The van der Waals surface area contributed by atoms with E-state index in [2.05, 4.69) is 0 Å². The Balaban J connectivity index is 1.52. The predicted octanol–water partition coefficient (Wildman–Crippen LogP) is 4.33. The van der Waals surface area contributed by atoms with Gasteiger partial charge in [-0.05, 0) is 41.5 Å². The monoisotopic (exact) mass is 444 g/mol. The molecule has 2 amide bonds.